The third kappa shape index (κ3) is 4.05. The maximum absolute atomic E-state index is 12.2. The second-order valence-corrected chi connectivity index (χ2v) is 7.31. The predicted molar refractivity (Wildman–Crippen MR) is 80.2 cm³/mol. The maximum atomic E-state index is 12.2. The molecule has 1 saturated heterocycles. The molecule has 106 valence electrons. The van der Waals surface area contributed by atoms with Crippen molar-refractivity contribution in [3.05, 3.63) is 22.4 Å². The van der Waals surface area contributed by atoms with Crippen LogP contribution in [0, 0.1) is 5.41 Å². The fourth-order valence-electron chi connectivity index (χ4n) is 2.42. The van der Waals surface area contributed by atoms with Crippen LogP contribution >= 0.6 is 11.3 Å². The summed E-state index contributed by atoms with van der Waals surface area (Å²) in [5.41, 5.74) is -0.253. The van der Waals surface area contributed by atoms with Gasteiger partial charge in [-0.2, -0.15) is 0 Å². The van der Waals surface area contributed by atoms with Gasteiger partial charge in [-0.05, 0) is 24.3 Å². The van der Waals surface area contributed by atoms with E-state index in [2.05, 4.69) is 22.8 Å². The minimum atomic E-state index is -0.253. The summed E-state index contributed by atoms with van der Waals surface area (Å²) in [4.78, 5) is 15.6. The minimum Gasteiger partial charge on any atom is -0.342 e. The summed E-state index contributed by atoms with van der Waals surface area (Å²) in [6, 6.07) is 4.80. The Morgan fingerprint density at radius 1 is 1.42 bits per heavy atom. The summed E-state index contributed by atoms with van der Waals surface area (Å²) < 4.78 is 0. The summed E-state index contributed by atoms with van der Waals surface area (Å²) in [5, 5.41) is 5.71. The lowest BCUT2D eigenvalue weighted by molar-refractivity contribution is -0.140. The normalized spacial score (nSPS) is 17.7. The molecule has 1 fully saturated rings. The SMILES string of the molecule is CC(C)(C)C(=O)N1CCC(NCc2cccs2)CC1. The second kappa shape index (κ2) is 6.06. The monoisotopic (exact) mass is 280 g/mol. The fourth-order valence-corrected chi connectivity index (χ4v) is 3.07. The molecule has 0 aliphatic carbocycles. The van der Waals surface area contributed by atoms with E-state index in [1.807, 2.05) is 25.7 Å². The van der Waals surface area contributed by atoms with Crippen LogP contribution in [0.25, 0.3) is 0 Å². The molecule has 0 unspecified atom stereocenters. The number of carbonyl (C=O) groups excluding carboxylic acids is 1. The Balaban J connectivity index is 1.75. The number of amides is 1. The van der Waals surface area contributed by atoms with Crippen molar-refractivity contribution < 1.29 is 4.79 Å². The first-order valence-electron chi connectivity index (χ1n) is 7.02. The molecule has 2 heterocycles. The highest BCUT2D eigenvalue weighted by Crippen LogP contribution is 2.21. The molecule has 0 aromatic carbocycles. The van der Waals surface area contributed by atoms with Crippen LogP contribution in [0.4, 0.5) is 0 Å². The molecule has 4 heteroatoms. The molecule has 0 spiro atoms. The predicted octanol–water partition coefficient (Wildman–Crippen LogP) is 2.87. The summed E-state index contributed by atoms with van der Waals surface area (Å²) in [6.07, 6.45) is 2.13. The number of nitrogens with zero attached hydrogens (tertiary/aromatic N) is 1. The van der Waals surface area contributed by atoms with Crippen molar-refractivity contribution in [2.45, 2.75) is 46.2 Å². The van der Waals surface area contributed by atoms with Gasteiger partial charge >= 0.3 is 0 Å². The molecule has 19 heavy (non-hydrogen) atoms. The summed E-state index contributed by atoms with van der Waals surface area (Å²) in [6.45, 7) is 8.72. The lowest BCUT2D eigenvalue weighted by atomic mass is 9.93. The molecule has 1 aliphatic heterocycles. The van der Waals surface area contributed by atoms with E-state index in [0.717, 1.165) is 32.5 Å². The molecule has 0 saturated carbocycles. The first kappa shape index (κ1) is 14.5. The standard InChI is InChI=1S/C15H24N2OS/c1-15(2,3)14(18)17-8-6-12(7-9-17)16-11-13-5-4-10-19-13/h4-5,10,12,16H,6-9,11H2,1-3H3. The van der Waals surface area contributed by atoms with Crippen molar-refractivity contribution in [2.75, 3.05) is 13.1 Å². The molecule has 1 aromatic heterocycles. The first-order chi connectivity index (χ1) is 8.97. The Labute approximate surface area is 120 Å². The van der Waals surface area contributed by atoms with Crippen LogP contribution < -0.4 is 5.32 Å². The largest absolute Gasteiger partial charge is 0.342 e. The quantitative estimate of drug-likeness (QED) is 0.923. The lowest BCUT2D eigenvalue weighted by Crippen LogP contribution is -2.48. The maximum Gasteiger partial charge on any atom is 0.227 e. The number of likely N-dealkylation sites (tertiary alicyclic amines) is 1. The first-order valence-corrected chi connectivity index (χ1v) is 7.90. The zero-order chi connectivity index (χ0) is 13.9. The number of hydrogen-bond acceptors (Lipinski definition) is 3. The van der Waals surface area contributed by atoms with Gasteiger partial charge in [0.1, 0.15) is 0 Å². The van der Waals surface area contributed by atoms with E-state index in [4.69, 9.17) is 0 Å². The van der Waals surface area contributed by atoms with Gasteiger partial charge in [-0.3, -0.25) is 4.79 Å². The van der Waals surface area contributed by atoms with Crippen LogP contribution in [0.15, 0.2) is 17.5 Å². The van der Waals surface area contributed by atoms with Gasteiger partial charge in [0, 0.05) is 36.0 Å². The molecule has 0 atom stereocenters. The number of piperidine rings is 1. The summed E-state index contributed by atoms with van der Waals surface area (Å²) in [7, 11) is 0. The molecule has 3 nitrogen and oxygen atoms in total. The van der Waals surface area contributed by atoms with Crippen LogP contribution in [0.5, 0.6) is 0 Å². The third-order valence-corrected chi connectivity index (χ3v) is 4.45. The average Bonchev–Trinajstić information content (AvgIpc) is 2.88. The van der Waals surface area contributed by atoms with E-state index in [1.165, 1.54) is 4.88 Å². The van der Waals surface area contributed by atoms with Crippen LogP contribution in [0.2, 0.25) is 0 Å². The Bertz CT molecular complexity index is 400. The number of hydrogen-bond donors (Lipinski definition) is 1. The topological polar surface area (TPSA) is 32.3 Å². The van der Waals surface area contributed by atoms with Gasteiger partial charge in [-0.1, -0.05) is 26.8 Å². The fraction of sp³-hybridized carbons (Fsp3) is 0.667. The van der Waals surface area contributed by atoms with Gasteiger partial charge < -0.3 is 10.2 Å². The highest BCUT2D eigenvalue weighted by Gasteiger charge is 2.30. The highest BCUT2D eigenvalue weighted by molar-refractivity contribution is 7.09. The Morgan fingerprint density at radius 3 is 2.63 bits per heavy atom. The lowest BCUT2D eigenvalue weighted by Gasteiger charge is -2.36. The molecule has 0 bridgehead atoms. The molecule has 2 rings (SSSR count). The average molecular weight is 280 g/mol. The van der Waals surface area contributed by atoms with Gasteiger partial charge in [-0.25, -0.2) is 0 Å². The van der Waals surface area contributed by atoms with Gasteiger partial charge in [0.15, 0.2) is 0 Å². The van der Waals surface area contributed by atoms with Gasteiger partial charge in [0.05, 0.1) is 0 Å². The molecular weight excluding hydrogens is 256 g/mol. The van der Waals surface area contributed by atoms with Crippen molar-refractivity contribution in [1.29, 1.82) is 0 Å². The molecule has 1 aromatic rings. The van der Waals surface area contributed by atoms with Gasteiger partial charge in [0.2, 0.25) is 5.91 Å². The Morgan fingerprint density at radius 2 is 2.11 bits per heavy atom. The summed E-state index contributed by atoms with van der Waals surface area (Å²) >= 11 is 1.79. The van der Waals surface area contributed by atoms with Crippen molar-refractivity contribution in [2.24, 2.45) is 5.41 Å². The van der Waals surface area contributed by atoms with Crippen molar-refractivity contribution >= 4 is 17.2 Å². The molecule has 0 radical (unpaired) electrons. The number of thiophene rings is 1. The number of carbonyl (C=O) groups is 1. The van der Waals surface area contributed by atoms with Crippen molar-refractivity contribution in [1.82, 2.24) is 10.2 Å². The Hall–Kier alpha value is -0.870. The molecular formula is C15H24N2OS. The summed E-state index contributed by atoms with van der Waals surface area (Å²) in [5.74, 6) is 0.282. The Kier molecular flexibility index (Phi) is 4.63. The van der Waals surface area contributed by atoms with Crippen molar-refractivity contribution in [3.8, 4) is 0 Å². The van der Waals surface area contributed by atoms with E-state index in [0.29, 0.717) is 6.04 Å². The molecule has 1 amide bonds. The van der Waals surface area contributed by atoms with Gasteiger partial charge in [0.25, 0.3) is 0 Å². The number of rotatable bonds is 3. The van der Waals surface area contributed by atoms with Crippen molar-refractivity contribution in [3.63, 3.8) is 0 Å². The van der Waals surface area contributed by atoms with Crippen LogP contribution in [0.3, 0.4) is 0 Å². The minimum absolute atomic E-state index is 0.253. The van der Waals surface area contributed by atoms with Crippen LogP contribution in [0.1, 0.15) is 38.5 Å². The third-order valence-electron chi connectivity index (χ3n) is 3.57. The molecule has 1 aliphatic rings. The smallest absolute Gasteiger partial charge is 0.227 e. The number of nitrogens with one attached hydrogen (secondary N) is 1. The molecule has 1 N–H and O–H groups in total. The zero-order valence-corrected chi connectivity index (χ0v) is 12.9. The highest BCUT2D eigenvalue weighted by atomic mass is 32.1. The van der Waals surface area contributed by atoms with E-state index in [1.54, 1.807) is 11.3 Å². The zero-order valence-electron chi connectivity index (χ0n) is 12.1. The van der Waals surface area contributed by atoms with E-state index in [9.17, 15) is 4.79 Å². The van der Waals surface area contributed by atoms with Crippen LogP contribution in [-0.2, 0) is 11.3 Å². The second-order valence-electron chi connectivity index (χ2n) is 6.28. The van der Waals surface area contributed by atoms with E-state index < -0.39 is 0 Å². The van der Waals surface area contributed by atoms with E-state index in [-0.39, 0.29) is 11.3 Å². The van der Waals surface area contributed by atoms with E-state index >= 15 is 0 Å². The van der Waals surface area contributed by atoms with Crippen LogP contribution in [-0.4, -0.2) is 29.9 Å². The van der Waals surface area contributed by atoms with Gasteiger partial charge in [-0.15, -0.1) is 11.3 Å².